The van der Waals surface area contributed by atoms with Gasteiger partial charge in [-0.25, -0.2) is 4.98 Å². The molecule has 0 amide bonds. The molecule has 0 radical (unpaired) electrons. The molecule has 3 aromatic rings. The molecule has 1 aliphatic carbocycles. The summed E-state index contributed by atoms with van der Waals surface area (Å²) in [6, 6.07) is 10.8. The molecule has 27 heavy (non-hydrogen) atoms. The molecule has 2 atom stereocenters. The van der Waals surface area contributed by atoms with Crippen LogP contribution in [0.2, 0.25) is 0 Å². The van der Waals surface area contributed by atoms with Gasteiger partial charge in [-0.1, -0.05) is 50.3 Å². The first-order valence-corrected chi connectivity index (χ1v) is 9.65. The highest BCUT2D eigenvalue weighted by Crippen LogP contribution is 2.38. The van der Waals surface area contributed by atoms with Gasteiger partial charge in [0, 0.05) is 41.3 Å². The predicted octanol–water partition coefficient (Wildman–Crippen LogP) is 5.17. The van der Waals surface area contributed by atoms with E-state index < -0.39 is 0 Å². The summed E-state index contributed by atoms with van der Waals surface area (Å²) in [5.41, 5.74) is 4.52. The normalized spacial score (nSPS) is 21.7. The summed E-state index contributed by atoms with van der Waals surface area (Å²) in [6.45, 7) is 7.73. The van der Waals surface area contributed by atoms with Crippen LogP contribution in [0, 0.1) is 5.92 Å². The van der Waals surface area contributed by atoms with Gasteiger partial charge in [0.05, 0.1) is 12.0 Å². The van der Waals surface area contributed by atoms with Crippen molar-refractivity contribution in [2.75, 3.05) is 0 Å². The molecule has 138 valence electrons. The van der Waals surface area contributed by atoms with Crippen LogP contribution < -0.4 is 0 Å². The number of allylic oxidation sites excluding steroid dienone is 4. The van der Waals surface area contributed by atoms with Crippen molar-refractivity contribution in [3.63, 3.8) is 0 Å². The van der Waals surface area contributed by atoms with E-state index in [1.165, 1.54) is 5.69 Å². The van der Waals surface area contributed by atoms with Crippen LogP contribution >= 0.6 is 0 Å². The summed E-state index contributed by atoms with van der Waals surface area (Å²) in [5, 5.41) is 4.96. The van der Waals surface area contributed by atoms with Crippen LogP contribution in [0.1, 0.15) is 32.9 Å². The average Bonchev–Trinajstić information content (AvgIpc) is 3.35. The average molecular weight is 358 g/mol. The minimum atomic E-state index is -0.0358. The van der Waals surface area contributed by atoms with E-state index in [4.69, 9.17) is 5.10 Å². The molecule has 1 unspecified atom stereocenters. The SMILES string of the molecule is CCCn1nc(-c2ccc(-n3ccnc3)cc2)cc1[C@]1(C)C=CC=CC1C. The van der Waals surface area contributed by atoms with Crippen molar-refractivity contribution in [1.82, 2.24) is 19.3 Å². The summed E-state index contributed by atoms with van der Waals surface area (Å²) < 4.78 is 4.20. The van der Waals surface area contributed by atoms with Gasteiger partial charge in [-0.3, -0.25) is 4.68 Å². The molecule has 0 aliphatic heterocycles. The van der Waals surface area contributed by atoms with Crippen molar-refractivity contribution in [2.45, 2.75) is 39.2 Å². The number of nitrogens with zero attached hydrogens (tertiary/aromatic N) is 4. The molecule has 0 spiro atoms. The lowest BCUT2D eigenvalue weighted by Crippen LogP contribution is -2.31. The number of hydrogen-bond acceptors (Lipinski definition) is 2. The third-order valence-electron chi connectivity index (χ3n) is 5.63. The largest absolute Gasteiger partial charge is 0.306 e. The molecule has 2 heterocycles. The van der Waals surface area contributed by atoms with E-state index in [1.54, 1.807) is 6.20 Å². The molecule has 1 aliphatic rings. The van der Waals surface area contributed by atoms with Gasteiger partial charge in [0.1, 0.15) is 0 Å². The molecule has 2 aromatic heterocycles. The minimum absolute atomic E-state index is 0.0358. The molecular formula is C23H26N4. The van der Waals surface area contributed by atoms with Gasteiger partial charge in [-0.15, -0.1) is 0 Å². The molecule has 0 saturated carbocycles. The Morgan fingerprint density at radius 1 is 1.15 bits per heavy atom. The lowest BCUT2D eigenvalue weighted by molar-refractivity contribution is 0.408. The first-order chi connectivity index (χ1) is 13.1. The van der Waals surface area contributed by atoms with Crippen molar-refractivity contribution in [3.8, 4) is 16.9 Å². The Labute approximate surface area is 160 Å². The van der Waals surface area contributed by atoms with Crippen LogP contribution in [-0.4, -0.2) is 19.3 Å². The van der Waals surface area contributed by atoms with Gasteiger partial charge in [0.2, 0.25) is 0 Å². The first-order valence-electron chi connectivity index (χ1n) is 9.65. The fourth-order valence-corrected chi connectivity index (χ4v) is 3.75. The molecule has 1 aromatic carbocycles. The van der Waals surface area contributed by atoms with Crippen LogP contribution in [0.4, 0.5) is 0 Å². The van der Waals surface area contributed by atoms with Gasteiger partial charge >= 0.3 is 0 Å². The topological polar surface area (TPSA) is 35.6 Å². The summed E-state index contributed by atoms with van der Waals surface area (Å²) in [7, 11) is 0. The predicted molar refractivity (Wildman–Crippen MR) is 110 cm³/mol. The molecule has 0 saturated heterocycles. The quantitative estimate of drug-likeness (QED) is 0.631. The zero-order chi connectivity index (χ0) is 18.9. The maximum atomic E-state index is 4.96. The van der Waals surface area contributed by atoms with Gasteiger partial charge in [0.25, 0.3) is 0 Å². The van der Waals surface area contributed by atoms with Crippen LogP contribution in [0.5, 0.6) is 0 Å². The summed E-state index contributed by atoms with van der Waals surface area (Å²) in [6.07, 6.45) is 15.5. The van der Waals surface area contributed by atoms with Gasteiger partial charge < -0.3 is 4.57 Å². The van der Waals surface area contributed by atoms with Crippen LogP contribution in [-0.2, 0) is 12.0 Å². The van der Waals surface area contributed by atoms with Crippen molar-refractivity contribution in [3.05, 3.63) is 79.1 Å². The number of benzene rings is 1. The van der Waals surface area contributed by atoms with E-state index in [9.17, 15) is 0 Å². The standard InChI is InChI=1S/C23H26N4/c1-4-14-27-22(23(3)12-6-5-7-18(23)2)16-21(25-27)19-8-10-20(11-9-19)26-15-13-24-17-26/h5-13,15-18H,4,14H2,1-3H3/t18?,23-/m1/s1. The van der Waals surface area contributed by atoms with E-state index in [0.717, 1.165) is 29.9 Å². The van der Waals surface area contributed by atoms with E-state index in [2.05, 4.69) is 85.1 Å². The van der Waals surface area contributed by atoms with Crippen LogP contribution in [0.3, 0.4) is 0 Å². The zero-order valence-electron chi connectivity index (χ0n) is 16.2. The van der Waals surface area contributed by atoms with Crippen molar-refractivity contribution in [1.29, 1.82) is 0 Å². The number of rotatable bonds is 5. The van der Waals surface area contributed by atoms with Crippen molar-refractivity contribution < 1.29 is 0 Å². The summed E-state index contributed by atoms with van der Waals surface area (Å²) in [5.74, 6) is 0.436. The van der Waals surface area contributed by atoms with E-state index in [-0.39, 0.29) is 5.41 Å². The molecule has 4 heteroatoms. The molecular weight excluding hydrogens is 332 g/mol. The van der Waals surface area contributed by atoms with E-state index in [0.29, 0.717) is 5.92 Å². The minimum Gasteiger partial charge on any atom is -0.306 e. The second kappa shape index (κ2) is 7.03. The van der Waals surface area contributed by atoms with Gasteiger partial charge in [-0.2, -0.15) is 5.10 Å². The Kier molecular flexibility index (Phi) is 4.56. The fraction of sp³-hybridized carbons (Fsp3) is 0.304. The number of hydrogen-bond donors (Lipinski definition) is 0. The Hall–Kier alpha value is -2.88. The van der Waals surface area contributed by atoms with Crippen molar-refractivity contribution >= 4 is 0 Å². The Morgan fingerprint density at radius 2 is 1.96 bits per heavy atom. The monoisotopic (exact) mass is 358 g/mol. The maximum absolute atomic E-state index is 4.96. The van der Waals surface area contributed by atoms with Crippen molar-refractivity contribution in [2.24, 2.45) is 5.92 Å². The smallest absolute Gasteiger partial charge is 0.0991 e. The lowest BCUT2D eigenvalue weighted by Gasteiger charge is -2.33. The van der Waals surface area contributed by atoms with Gasteiger partial charge in [-0.05, 0) is 37.5 Å². The van der Waals surface area contributed by atoms with Crippen LogP contribution in [0.15, 0.2) is 73.4 Å². The highest BCUT2D eigenvalue weighted by Gasteiger charge is 2.34. The Bertz CT molecular complexity index is 960. The number of aryl methyl sites for hydroxylation is 1. The Balaban J connectivity index is 1.72. The molecule has 4 nitrogen and oxygen atoms in total. The Morgan fingerprint density at radius 3 is 2.63 bits per heavy atom. The van der Waals surface area contributed by atoms with E-state index in [1.807, 2.05) is 17.1 Å². The first kappa shape index (κ1) is 17.5. The highest BCUT2D eigenvalue weighted by molar-refractivity contribution is 5.62. The summed E-state index contributed by atoms with van der Waals surface area (Å²) in [4.78, 5) is 4.12. The number of aromatic nitrogens is 4. The van der Waals surface area contributed by atoms with Crippen LogP contribution in [0.25, 0.3) is 16.9 Å². The second-order valence-corrected chi connectivity index (χ2v) is 7.47. The third kappa shape index (κ3) is 3.16. The lowest BCUT2D eigenvalue weighted by atomic mass is 9.72. The zero-order valence-corrected chi connectivity index (χ0v) is 16.2. The van der Waals surface area contributed by atoms with Gasteiger partial charge in [0.15, 0.2) is 0 Å². The molecule has 0 N–H and O–H groups in total. The second-order valence-electron chi connectivity index (χ2n) is 7.47. The number of imidazole rings is 1. The summed E-state index contributed by atoms with van der Waals surface area (Å²) >= 11 is 0. The maximum Gasteiger partial charge on any atom is 0.0991 e. The fourth-order valence-electron chi connectivity index (χ4n) is 3.75. The highest BCUT2D eigenvalue weighted by atomic mass is 15.3. The molecule has 0 fully saturated rings. The molecule has 4 rings (SSSR count). The van der Waals surface area contributed by atoms with E-state index >= 15 is 0 Å². The molecule has 0 bridgehead atoms. The third-order valence-corrected chi connectivity index (χ3v) is 5.63.